The highest BCUT2D eigenvalue weighted by atomic mass is 35.5. The number of aromatic nitrogens is 1. The van der Waals surface area contributed by atoms with Crippen LogP contribution in [0.25, 0.3) is 10.2 Å². The van der Waals surface area contributed by atoms with Gasteiger partial charge in [0.25, 0.3) is 5.91 Å². The minimum Gasteiger partial charge on any atom is -0.311 e. The van der Waals surface area contributed by atoms with E-state index in [0.29, 0.717) is 21.9 Å². The van der Waals surface area contributed by atoms with Crippen LogP contribution >= 0.6 is 22.9 Å². The first kappa shape index (κ1) is 23.9. The minimum atomic E-state index is -3.61. The zero-order valence-corrected chi connectivity index (χ0v) is 20.8. The molecule has 1 fully saturated rings. The van der Waals surface area contributed by atoms with Crippen molar-refractivity contribution in [3.8, 4) is 0 Å². The zero-order valence-electron chi connectivity index (χ0n) is 18.4. The summed E-state index contributed by atoms with van der Waals surface area (Å²) in [5, 5.41) is 0.580. The summed E-state index contributed by atoms with van der Waals surface area (Å²) >= 11 is 7.74. The number of allylic oxidation sites excluding steroid dienone is 1. The molecule has 6 nitrogen and oxygen atoms in total. The Morgan fingerprint density at radius 3 is 2.58 bits per heavy atom. The van der Waals surface area contributed by atoms with Crippen molar-refractivity contribution < 1.29 is 13.2 Å². The summed E-state index contributed by atoms with van der Waals surface area (Å²) in [6.07, 6.45) is 6.75. The van der Waals surface area contributed by atoms with E-state index in [9.17, 15) is 13.2 Å². The second-order valence-electron chi connectivity index (χ2n) is 8.12. The average Bonchev–Trinajstić information content (AvgIpc) is 3.17. The van der Waals surface area contributed by atoms with E-state index < -0.39 is 15.9 Å². The van der Waals surface area contributed by atoms with Gasteiger partial charge in [-0.05, 0) is 49.2 Å². The first-order valence-electron chi connectivity index (χ1n) is 10.9. The standard InChI is InChI=1S/C24H26ClN3O3S2/c1-3-16-28-22-20(25)10-7-11-21(22)32-24(28)26-23(29)17-12-14-19(15-13-17)33(30,31)27(2)18-8-5-4-6-9-18/h3,7,10-15,18H,1,4-6,8-9,16H2,2H3. The molecule has 0 radical (unpaired) electrons. The lowest BCUT2D eigenvalue weighted by Gasteiger charge is -2.30. The van der Waals surface area contributed by atoms with Gasteiger partial charge in [0.1, 0.15) is 0 Å². The van der Waals surface area contributed by atoms with Crippen molar-refractivity contribution in [2.24, 2.45) is 4.99 Å². The van der Waals surface area contributed by atoms with Crippen LogP contribution in [0.4, 0.5) is 0 Å². The maximum absolute atomic E-state index is 13.0. The number of rotatable bonds is 6. The maximum Gasteiger partial charge on any atom is 0.279 e. The third-order valence-electron chi connectivity index (χ3n) is 6.03. The molecule has 1 aliphatic carbocycles. The number of hydrogen-bond acceptors (Lipinski definition) is 4. The van der Waals surface area contributed by atoms with Gasteiger partial charge >= 0.3 is 0 Å². The van der Waals surface area contributed by atoms with Gasteiger partial charge in [-0.3, -0.25) is 4.79 Å². The molecule has 0 spiro atoms. The Labute approximate surface area is 202 Å². The number of fused-ring (bicyclic) bond motifs is 1. The smallest absolute Gasteiger partial charge is 0.279 e. The van der Waals surface area contributed by atoms with Crippen molar-refractivity contribution >= 4 is 49.1 Å². The maximum atomic E-state index is 13.0. The van der Waals surface area contributed by atoms with Crippen LogP contribution in [0, 0.1) is 0 Å². The van der Waals surface area contributed by atoms with Crippen LogP contribution < -0.4 is 4.80 Å². The molecule has 33 heavy (non-hydrogen) atoms. The quantitative estimate of drug-likeness (QED) is 0.432. The molecule has 174 valence electrons. The summed E-state index contributed by atoms with van der Waals surface area (Å²) in [4.78, 5) is 17.9. The van der Waals surface area contributed by atoms with Crippen LogP contribution in [-0.4, -0.2) is 36.3 Å². The molecule has 1 heterocycles. The van der Waals surface area contributed by atoms with E-state index in [2.05, 4.69) is 11.6 Å². The average molecular weight is 504 g/mol. The first-order valence-corrected chi connectivity index (χ1v) is 13.5. The largest absolute Gasteiger partial charge is 0.311 e. The van der Waals surface area contributed by atoms with E-state index in [-0.39, 0.29) is 10.9 Å². The second-order valence-corrected chi connectivity index (χ2v) is 11.5. The van der Waals surface area contributed by atoms with Gasteiger partial charge in [-0.15, -0.1) is 6.58 Å². The van der Waals surface area contributed by atoms with Crippen molar-refractivity contribution in [3.05, 3.63) is 70.5 Å². The van der Waals surface area contributed by atoms with Crippen molar-refractivity contribution in [3.63, 3.8) is 0 Å². The lowest BCUT2D eigenvalue weighted by atomic mass is 9.96. The Morgan fingerprint density at radius 1 is 1.21 bits per heavy atom. The van der Waals surface area contributed by atoms with Gasteiger partial charge < -0.3 is 4.57 Å². The molecule has 1 aromatic heterocycles. The van der Waals surface area contributed by atoms with Crippen LogP contribution in [0.15, 0.2) is 65.0 Å². The number of para-hydroxylation sites is 1. The van der Waals surface area contributed by atoms with Gasteiger partial charge in [0.2, 0.25) is 10.0 Å². The second kappa shape index (κ2) is 9.93. The fraction of sp³-hybridized carbons (Fsp3) is 0.333. The van der Waals surface area contributed by atoms with Crippen molar-refractivity contribution in [1.29, 1.82) is 0 Å². The van der Waals surface area contributed by atoms with Gasteiger partial charge in [0.15, 0.2) is 4.80 Å². The van der Waals surface area contributed by atoms with Gasteiger partial charge in [0, 0.05) is 25.2 Å². The first-order chi connectivity index (χ1) is 15.8. The summed E-state index contributed by atoms with van der Waals surface area (Å²) in [6.45, 7) is 4.24. The fourth-order valence-electron chi connectivity index (χ4n) is 4.20. The van der Waals surface area contributed by atoms with E-state index in [1.54, 1.807) is 19.2 Å². The predicted molar refractivity (Wildman–Crippen MR) is 133 cm³/mol. The molecule has 0 N–H and O–H groups in total. The van der Waals surface area contributed by atoms with Crippen molar-refractivity contribution in [1.82, 2.24) is 8.87 Å². The molecule has 1 aliphatic rings. The number of sulfonamides is 1. The van der Waals surface area contributed by atoms with Crippen LogP contribution in [0.5, 0.6) is 0 Å². The Balaban J connectivity index is 1.63. The highest BCUT2D eigenvalue weighted by Gasteiger charge is 2.29. The number of nitrogens with zero attached hydrogens (tertiary/aromatic N) is 3. The van der Waals surface area contributed by atoms with Gasteiger partial charge in [0.05, 0.1) is 20.1 Å². The van der Waals surface area contributed by atoms with E-state index >= 15 is 0 Å². The van der Waals surface area contributed by atoms with E-state index in [1.165, 1.54) is 39.9 Å². The topological polar surface area (TPSA) is 71.7 Å². The molecular formula is C24H26ClN3O3S2. The summed E-state index contributed by atoms with van der Waals surface area (Å²) in [5.74, 6) is -0.444. The molecule has 3 aromatic rings. The molecule has 0 bridgehead atoms. The van der Waals surface area contributed by atoms with Gasteiger partial charge in [-0.1, -0.05) is 54.3 Å². The lowest BCUT2D eigenvalue weighted by molar-refractivity contribution is 0.0997. The Hall–Kier alpha value is -2.26. The molecule has 0 atom stereocenters. The minimum absolute atomic E-state index is 0.0279. The van der Waals surface area contributed by atoms with Gasteiger partial charge in [-0.2, -0.15) is 9.30 Å². The number of thiazole rings is 1. The summed E-state index contributed by atoms with van der Waals surface area (Å²) in [7, 11) is -1.97. The number of carbonyl (C=O) groups is 1. The summed E-state index contributed by atoms with van der Waals surface area (Å²) in [6, 6.07) is 11.6. The zero-order chi connectivity index (χ0) is 23.6. The Morgan fingerprint density at radius 2 is 1.91 bits per heavy atom. The van der Waals surface area contributed by atoms with Crippen molar-refractivity contribution in [2.75, 3.05) is 7.05 Å². The Kier molecular flexibility index (Phi) is 7.19. The number of halogens is 1. The summed E-state index contributed by atoms with van der Waals surface area (Å²) < 4.78 is 30.3. The molecule has 2 aromatic carbocycles. The molecule has 0 saturated heterocycles. The number of benzene rings is 2. The van der Waals surface area contributed by atoms with E-state index in [0.717, 1.165) is 42.3 Å². The highest BCUT2D eigenvalue weighted by Crippen LogP contribution is 2.27. The van der Waals surface area contributed by atoms with Crippen LogP contribution in [-0.2, 0) is 16.6 Å². The molecule has 1 amide bonds. The number of carbonyl (C=O) groups excluding carboxylic acids is 1. The predicted octanol–water partition coefficient (Wildman–Crippen LogP) is 5.24. The summed E-state index contributed by atoms with van der Waals surface area (Å²) in [5.41, 5.74) is 1.13. The third kappa shape index (κ3) is 4.84. The molecule has 0 aliphatic heterocycles. The van der Waals surface area contributed by atoms with Gasteiger partial charge in [-0.25, -0.2) is 8.42 Å². The number of amides is 1. The van der Waals surface area contributed by atoms with E-state index in [4.69, 9.17) is 11.6 Å². The monoisotopic (exact) mass is 503 g/mol. The molecule has 4 rings (SSSR count). The molecular weight excluding hydrogens is 478 g/mol. The third-order valence-corrected chi connectivity index (χ3v) is 9.30. The van der Waals surface area contributed by atoms with Crippen LogP contribution in [0.3, 0.4) is 0 Å². The van der Waals surface area contributed by atoms with Crippen molar-refractivity contribution in [2.45, 2.75) is 49.6 Å². The SMILES string of the molecule is C=CCn1c(=NC(=O)c2ccc(S(=O)(=O)N(C)C3CCCCC3)cc2)sc2cccc(Cl)c21. The fourth-order valence-corrected chi connectivity index (χ4v) is 7.01. The normalized spacial score (nSPS) is 15.9. The number of hydrogen-bond donors (Lipinski definition) is 0. The van der Waals surface area contributed by atoms with Crippen LogP contribution in [0.2, 0.25) is 5.02 Å². The molecule has 1 saturated carbocycles. The van der Waals surface area contributed by atoms with Crippen LogP contribution in [0.1, 0.15) is 42.5 Å². The Bertz CT molecular complexity index is 1350. The highest BCUT2D eigenvalue weighted by molar-refractivity contribution is 7.89. The molecule has 9 heteroatoms. The van der Waals surface area contributed by atoms with E-state index in [1.807, 2.05) is 16.7 Å². The molecule has 0 unspecified atom stereocenters. The lowest BCUT2D eigenvalue weighted by Crippen LogP contribution is -2.38.